The lowest BCUT2D eigenvalue weighted by molar-refractivity contribution is 0.0221. The topological polar surface area (TPSA) is 109 Å². The number of nitrogens with zero attached hydrogens (tertiary/aromatic N) is 3. The molecule has 0 aliphatic carbocycles. The zero-order chi connectivity index (χ0) is 12.1. The molecule has 0 saturated heterocycles. The van der Waals surface area contributed by atoms with Crippen LogP contribution in [0.15, 0.2) is 23.3 Å². The molecule has 0 radical (unpaired) electrons. The zero-order valence-corrected chi connectivity index (χ0v) is 8.16. The maximum Gasteiger partial charge on any atom is 0.129 e. The summed E-state index contributed by atoms with van der Waals surface area (Å²) < 4.78 is 13.2. The molecule has 0 fully saturated rings. The van der Waals surface area contributed by atoms with Gasteiger partial charge in [0.15, 0.2) is 0 Å². The normalized spacial score (nSPS) is 13.9. The molecule has 16 heavy (non-hydrogen) atoms. The first-order valence-electron chi connectivity index (χ1n) is 4.41. The number of benzene rings is 1. The molecule has 0 spiro atoms. The fourth-order valence-corrected chi connectivity index (χ4v) is 1.19. The van der Waals surface area contributed by atoms with E-state index in [0.717, 1.165) is 18.2 Å². The maximum absolute atomic E-state index is 13.2. The van der Waals surface area contributed by atoms with E-state index in [1.54, 1.807) is 0 Å². The third-order valence-electron chi connectivity index (χ3n) is 1.99. The second-order valence-corrected chi connectivity index (χ2v) is 3.13. The highest BCUT2D eigenvalue weighted by Crippen LogP contribution is 2.24. The smallest absolute Gasteiger partial charge is 0.129 e. The molecule has 86 valence electrons. The minimum Gasteiger partial charge on any atom is -0.508 e. The van der Waals surface area contributed by atoms with Gasteiger partial charge < -0.3 is 15.3 Å². The van der Waals surface area contributed by atoms with Crippen molar-refractivity contribution in [1.29, 1.82) is 0 Å². The molecule has 1 rings (SSSR count). The molecular weight excluding hydrogens is 217 g/mol. The number of aliphatic hydroxyl groups is 2. The summed E-state index contributed by atoms with van der Waals surface area (Å²) in [6, 6.07) is 3.08. The summed E-state index contributed by atoms with van der Waals surface area (Å²) in [5.74, 6) is -0.989. The number of halogens is 1. The van der Waals surface area contributed by atoms with Gasteiger partial charge in [-0.15, -0.1) is 0 Å². The van der Waals surface area contributed by atoms with Crippen molar-refractivity contribution in [2.24, 2.45) is 5.11 Å². The van der Waals surface area contributed by atoms with E-state index in [1.807, 2.05) is 0 Å². The monoisotopic (exact) mass is 227 g/mol. The summed E-state index contributed by atoms with van der Waals surface area (Å²) in [5, 5.41) is 31.0. The quantitative estimate of drug-likeness (QED) is 0.408. The van der Waals surface area contributed by atoms with Crippen molar-refractivity contribution in [2.45, 2.75) is 12.2 Å². The number of rotatable bonds is 4. The maximum atomic E-state index is 13.2. The molecule has 0 bridgehead atoms. The molecule has 0 amide bonds. The molecular formula is C9H10FN3O3. The third kappa shape index (κ3) is 2.83. The zero-order valence-electron chi connectivity index (χ0n) is 8.16. The van der Waals surface area contributed by atoms with Gasteiger partial charge in [0.25, 0.3) is 0 Å². The Morgan fingerprint density at radius 3 is 2.75 bits per heavy atom. The van der Waals surface area contributed by atoms with Gasteiger partial charge in [-0.3, -0.25) is 0 Å². The highest BCUT2D eigenvalue weighted by Gasteiger charge is 2.21. The Morgan fingerprint density at radius 1 is 1.44 bits per heavy atom. The summed E-state index contributed by atoms with van der Waals surface area (Å²) in [6.45, 7) is -0.382. The number of phenolic OH excluding ortho intramolecular Hbond substituents is 1. The molecule has 2 atom stereocenters. The van der Waals surface area contributed by atoms with E-state index in [2.05, 4.69) is 10.0 Å². The molecule has 0 aromatic heterocycles. The number of hydrogen-bond donors (Lipinski definition) is 3. The standard InChI is InChI=1S/C9H10FN3O3/c10-7-2-1-5(14)3-6(7)9(16)8(15)4-12-13-11/h1-3,8-9,14-16H,4H2. The van der Waals surface area contributed by atoms with E-state index in [4.69, 9.17) is 10.6 Å². The molecule has 1 aromatic carbocycles. The van der Waals surface area contributed by atoms with Crippen LogP contribution in [0.3, 0.4) is 0 Å². The van der Waals surface area contributed by atoms with E-state index in [-0.39, 0.29) is 17.9 Å². The molecule has 2 unspecified atom stereocenters. The Labute approximate surface area is 90.2 Å². The van der Waals surface area contributed by atoms with Crippen molar-refractivity contribution in [3.05, 3.63) is 40.0 Å². The van der Waals surface area contributed by atoms with Crippen LogP contribution in [0.1, 0.15) is 11.7 Å². The van der Waals surface area contributed by atoms with Gasteiger partial charge >= 0.3 is 0 Å². The fourth-order valence-electron chi connectivity index (χ4n) is 1.19. The summed E-state index contributed by atoms with van der Waals surface area (Å²) in [4.78, 5) is 2.40. The largest absolute Gasteiger partial charge is 0.508 e. The van der Waals surface area contributed by atoms with Crippen LogP contribution >= 0.6 is 0 Å². The molecule has 3 N–H and O–H groups in total. The summed E-state index contributed by atoms with van der Waals surface area (Å²) in [7, 11) is 0. The van der Waals surface area contributed by atoms with E-state index in [1.165, 1.54) is 0 Å². The number of aromatic hydroxyl groups is 1. The summed E-state index contributed by atoms with van der Waals surface area (Å²) >= 11 is 0. The van der Waals surface area contributed by atoms with Crippen LogP contribution in [-0.2, 0) is 0 Å². The average molecular weight is 227 g/mol. The van der Waals surface area contributed by atoms with Gasteiger partial charge in [-0.1, -0.05) is 5.11 Å². The predicted molar refractivity (Wildman–Crippen MR) is 53.0 cm³/mol. The van der Waals surface area contributed by atoms with E-state index in [0.29, 0.717) is 0 Å². The van der Waals surface area contributed by atoms with Crippen molar-refractivity contribution in [3.8, 4) is 5.75 Å². The second-order valence-electron chi connectivity index (χ2n) is 3.13. The number of azide groups is 1. The molecule has 7 heteroatoms. The van der Waals surface area contributed by atoms with E-state index < -0.39 is 18.0 Å². The Bertz CT molecular complexity index is 420. The summed E-state index contributed by atoms with van der Waals surface area (Å²) in [5.41, 5.74) is 7.77. The molecule has 6 nitrogen and oxygen atoms in total. The fraction of sp³-hybridized carbons (Fsp3) is 0.333. The first kappa shape index (κ1) is 12.3. The predicted octanol–water partition coefficient (Wildman–Crippen LogP) is 1.24. The molecule has 0 aliphatic rings. The molecule has 0 saturated carbocycles. The molecule has 0 heterocycles. The van der Waals surface area contributed by atoms with Crippen LogP contribution in [0.25, 0.3) is 10.4 Å². The van der Waals surface area contributed by atoms with Crippen LogP contribution in [0.2, 0.25) is 0 Å². The lowest BCUT2D eigenvalue weighted by Crippen LogP contribution is -2.22. The Hall–Kier alpha value is -1.82. The van der Waals surface area contributed by atoms with Crippen molar-refractivity contribution in [2.75, 3.05) is 6.54 Å². The number of phenols is 1. The first-order chi connectivity index (χ1) is 7.56. The van der Waals surface area contributed by atoms with Crippen molar-refractivity contribution >= 4 is 0 Å². The van der Waals surface area contributed by atoms with Gasteiger partial charge in [0.05, 0.1) is 12.6 Å². The van der Waals surface area contributed by atoms with Gasteiger partial charge in [0, 0.05) is 10.5 Å². The van der Waals surface area contributed by atoms with Gasteiger partial charge in [0.2, 0.25) is 0 Å². The highest BCUT2D eigenvalue weighted by molar-refractivity contribution is 5.30. The number of hydrogen-bond acceptors (Lipinski definition) is 4. The van der Waals surface area contributed by atoms with Crippen LogP contribution in [0.4, 0.5) is 4.39 Å². The van der Waals surface area contributed by atoms with Crippen molar-refractivity contribution in [1.82, 2.24) is 0 Å². The van der Waals surface area contributed by atoms with Crippen LogP contribution in [0.5, 0.6) is 5.75 Å². The van der Waals surface area contributed by atoms with Gasteiger partial charge in [-0.2, -0.15) is 0 Å². The van der Waals surface area contributed by atoms with Crippen molar-refractivity contribution < 1.29 is 19.7 Å². The van der Waals surface area contributed by atoms with Crippen molar-refractivity contribution in [3.63, 3.8) is 0 Å². The first-order valence-corrected chi connectivity index (χ1v) is 4.41. The van der Waals surface area contributed by atoms with Crippen LogP contribution in [0, 0.1) is 5.82 Å². The van der Waals surface area contributed by atoms with Gasteiger partial charge in [-0.25, -0.2) is 4.39 Å². The molecule has 0 aliphatic heterocycles. The number of aliphatic hydroxyl groups excluding tert-OH is 2. The van der Waals surface area contributed by atoms with Gasteiger partial charge in [-0.05, 0) is 23.7 Å². The summed E-state index contributed by atoms with van der Waals surface area (Å²) in [6.07, 6.45) is -2.98. The van der Waals surface area contributed by atoms with Gasteiger partial charge in [0.1, 0.15) is 17.7 Å². The Balaban J connectivity index is 2.90. The SMILES string of the molecule is [N-]=[N+]=NCC(O)C(O)c1cc(O)ccc1F. The van der Waals surface area contributed by atoms with Crippen LogP contribution < -0.4 is 0 Å². The van der Waals surface area contributed by atoms with E-state index in [9.17, 15) is 14.6 Å². The average Bonchev–Trinajstić information content (AvgIpc) is 2.28. The van der Waals surface area contributed by atoms with Crippen LogP contribution in [-0.4, -0.2) is 28.0 Å². The minimum atomic E-state index is -1.56. The minimum absolute atomic E-state index is 0.230. The third-order valence-corrected chi connectivity index (χ3v) is 1.99. The lowest BCUT2D eigenvalue weighted by Gasteiger charge is -2.16. The highest BCUT2D eigenvalue weighted by atomic mass is 19.1. The Morgan fingerprint density at radius 2 is 2.12 bits per heavy atom. The van der Waals surface area contributed by atoms with E-state index >= 15 is 0 Å². The Kier molecular flexibility index (Phi) is 4.07. The molecule has 1 aromatic rings. The second kappa shape index (κ2) is 5.32. The lowest BCUT2D eigenvalue weighted by atomic mass is 10.0.